The molecule has 0 fully saturated rings. The summed E-state index contributed by atoms with van der Waals surface area (Å²) >= 11 is 0. The molecule has 0 saturated carbocycles. The number of nitrogens with two attached hydrogens (primary N) is 1. The SMILES string of the molecule is Bc1cc(C)c(Cc2ccc(N)c(C(C)C)c2C)c(CC)c1. The summed E-state index contributed by atoms with van der Waals surface area (Å²) < 4.78 is 0. The van der Waals surface area contributed by atoms with Gasteiger partial charge in [0.2, 0.25) is 0 Å². The van der Waals surface area contributed by atoms with Gasteiger partial charge in [-0.25, -0.2) is 0 Å². The minimum absolute atomic E-state index is 0.463. The molecular weight excluding hydrogens is 265 g/mol. The van der Waals surface area contributed by atoms with Gasteiger partial charge in [-0.3, -0.25) is 0 Å². The van der Waals surface area contributed by atoms with Crippen molar-refractivity contribution in [2.45, 2.75) is 53.4 Å². The third-order valence-electron chi connectivity index (χ3n) is 4.70. The fraction of sp³-hybridized carbons (Fsp3) is 0.400. The van der Waals surface area contributed by atoms with Crippen LogP contribution in [0.2, 0.25) is 0 Å². The van der Waals surface area contributed by atoms with Gasteiger partial charge in [0.1, 0.15) is 7.85 Å². The fourth-order valence-electron chi connectivity index (χ4n) is 3.60. The number of hydrogen-bond donors (Lipinski definition) is 1. The van der Waals surface area contributed by atoms with Crippen molar-refractivity contribution in [3.05, 3.63) is 57.6 Å². The van der Waals surface area contributed by atoms with Crippen LogP contribution in [0.4, 0.5) is 5.69 Å². The lowest BCUT2D eigenvalue weighted by Gasteiger charge is -2.19. The van der Waals surface area contributed by atoms with E-state index < -0.39 is 0 Å². The molecule has 0 heterocycles. The van der Waals surface area contributed by atoms with E-state index in [1.165, 1.54) is 38.8 Å². The standard InChI is InChI=1S/C20H28BN/c1-6-15-10-17(21)9-13(4)18(15)11-16-7-8-19(22)20(12(2)3)14(16)5/h7-10,12H,6,11,21-22H2,1-5H3. The Bertz CT molecular complexity index is 687. The molecule has 0 spiro atoms. The van der Waals surface area contributed by atoms with Gasteiger partial charge in [0.15, 0.2) is 0 Å². The predicted molar refractivity (Wildman–Crippen MR) is 101 cm³/mol. The van der Waals surface area contributed by atoms with Crippen LogP contribution in [0.25, 0.3) is 0 Å². The van der Waals surface area contributed by atoms with Crippen LogP contribution < -0.4 is 11.2 Å². The lowest BCUT2D eigenvalue weighted by atomic mass is 9.84. The quantitative estimate of drug-likeness (QED) is 0.678. The lowest BCUT2D eigenvalue weighted by Crippen LogP contribution is -2.10. The van der Waals surface area contributed by atoms with Gasteiger partial charge < -0.3 is 5.73 Å². The van der Waals surface area contributed by atoms with E-state index in [4.69, 9.17) is 5.73 Å². The lowest BCUT2D eigenvalue weighted by molar-refractivity contribution is 0.854. The molecular formula is C20H28BN. The first kappa shape index (κ1) is 16.7. The highest BCUT2D eigenvalue weighted by atomic mass is 14.6. The first-order valence-electron chi connectivity index (χ1n) is 8.32. The van der Waals surface area contributed by atoms with Crippen molar-refractivity contribution in [2.24, 2.45) is 0 Å². The van der Waals surface area contributed by atoms with Crippen LogP contribution in [0, 0.1) is 13.8 Å². The van der Waals surface area contributed by atoms with Crippen molar-refractivity contribution in [1.82, 2.24) is 0 Å². The molecule has 0 unspecified atom stereocenters. The maximum Gasteiger partial charge on any atom is 0.139 e. The van der Waals surface area contributed by atoms with Gasteiger partial charge in [-0.05, 0) is 72.1 Å². The van der Waals surface area contributed by atoms with Crippen molar-refractivity contribution in [1.29, 1.82) is 0 Å². The summed E-state index contributed by atoms with van der Waals surface area (Å²) in [5.74, 6) is 0.463. The first-order valence-corrected chi connectivity index (χ1v) is 8.32. The summed E-state index contributed by atoms with van der Waals surface area (Å²) in [6.07, 6.45) is 2.09. The van der Waals surface area contributed by atoms with Crippen LogP contribution >= 0.6 is 0 Å². The Balaban J connectivity index is 2.51. The molecule has 0 aliphatic carbocycles. The van der Waals surface area contributed by atoms with E-state index in [0.29, 0.717) is 5.92 Å². The van der Waals surface area contributed by atoms with Gasteiger partial charge in [0.05, 0.1) is 0 Å². The monoisotopic (exact) mass is 293 g/mol. The summed E-state index contributed by atoms with van der Waals surface area (Å²) in [6, 6.07) is 8.91. The molecule has 1 nitrogen and oxygen atoms in total. The third kappa shape index (κ3) is 3.21. The van der Waals surface area contributed by atoms with Gasteiger partial charge in [0, 0.05) is 5.69 Å². The second-order valence-corrected chi connectivity index (χ2v) is 6.76. The summed E-state index contributed by atoms with van der Waals surface area (Å²) in [5, 5.41) is 0. The van der Waals surface area contributed by atoms with E-state index in [0.717, 1.165) is 18.5 Å². The molecule has 2 N–H and O–H groups in total. The molecule has 2 rings (SSSR count). The normalized spacial score (nSPS) is 11.2. The highest BCUT2D eigenvalue weighted by Crippen LogP contribution is 2.30. The van der Waals surface area contributed by atoms with Crippen molar-refractivity contribution < 1.29 is 0 Å². The van der Waals surface area contributed by atoms with E-state index in [1.807, 2.05) is 0 Å². The summed E-state index contributed by atoms with van der Waals surface area (Å²) in [7, 11) is 2.18. The minimum atomic E-state index is 0.463. The van der Waals surface area contributed by atoms with Gasteiger partial charge in [0.25, 0.3) is 0 Å². The number of hydrogen-bond acceptors (Lipinski definition) is 1. The fourth-order valence-corrected chi connectivity index (χ4v) is 3.60. The molecule has 0 bridgehead atoms. The van der Waals surface area contributed by atoms with Gasteiger partial charge in [-0.1, -0.05) is 44.4 Å². The van der Waals surface area contributed by atoms with Crippen molar-refractivity contribution >= 4 is 19.0 Å². The van der Waals surface area contributed by atoms with Crippen LogP contribution in [-0.4, -0.2) is 7.85 Å². The largest absolute Gasteiger partial charge is 0.398 e. The molecule has 2 aromatic carbocycles. The van der Waals surface area contributed by atoms with Crippen LogP contribution in [0.3, 0.4) is 0 Å². The molecule has 22 heavy (non-hydrogen) atoms. The Kier molecular flexibility index (Phi) is 5.00. The molecule has 0 saturated heterocycles. The number of rotatable bonds is 4. The van der Waals surface area contributed by atoms with E-state index in [2.05, 4.69) is 66.7 Å². The zero-order valence-corrected chi connectivity index (χ0v) is 14.9. The maximum absolute atomic E-state index is 6.19. The summed E-state index contributed by atoms with van der Waals surface area (Å²) in [4.78, 5) is 0. The molecule has 0 aliphatic rings. The second kappa shape index (κ2) is 6.60. The molecule has 0 atom stereocenters. The average Bonchev–Trinajstić information content (AvgIpc) is 2.43. The Morgan fingerprint density at radius 3 is 2.36 bits per heavy atom. The van der Waals surface area contributed by atoms with E-state index in [9.17, 15) is 0 Å². The van der Waals surface area contributed by atoms with E-state index in [-0.39, 0.29) is 0 Å². The van der Waals surface area contributed by atoms with Crippen molar-refractivity contribution in [2.75, 3.05) is 5.73 Å². The third-order valence-corrected chi connectivity index (χ3v) is 4.70. The van der Waals surface area contributed by atoms with Crippen LogP contribution in [0.15, 0.2) is 24.3 Å². The van der Waals surface area contributed by atoms with Crippen molar-refractivity contribution in [3.63, 3.8) is 0 Å². The number of aryl methyl sites for hydroxylation is 2. The molecule has 0 amide bonds. The van der Waals surface area contributed by atoms with Gasteiger partial charge in [-0.15, -0.1) is 0 Å². The van der Waals surface area contributed by atoms with E-state index in [1.54, 1.807) is 0 Å². The average molecular weight is 293 g/mol. The Hall–Kier alpha value is -1.70. The topological polar surface area (TPSA) is 26.0 Å². The van der Waals surface area contributed by atoms with Crippen LogP contribution in [0.5, 0.6) is 0 Å². The maximum atomic E-state index is 6.19. The second-order valence-electron chi connectivity index (χ2n) is 6.76. The zero-order valence-electron chi connectivity index (χ0n) is 14.9. The highest BCUT2D eigenvalue weighted by Gasteiger charge is 2.14. The van der Waals surface area contributed by atoms with Crippen LogP contribution in [0.1, 0.15) is 60.1 Å². The Morgan fingerprint density at radius 2 is 1.77 bits per heavy atom. The molecule has 0 radical (unpaired) electrons. The minimum Gasteiger partial charge on any atom is -0.398 e. The van der Waals surface area contributed by atoms with Crippen molar-refractivity contribution in [3.8, 4) is 0 Å². The van der Waals surface area contributed by atoms with Crippen LogP contribution in [-0.2, 0) is 12.8 Å². The predicted octanol–water partition coefficient (Wildman–Crippen LogP) is 3.42. The highest BCUT2D eigenvalue weighted by molar-refractivity contribution is 6.32. The molecule has 0 aliphatic heterocycles. The molecule has 116 valence electrons. The first-order chi connectivity index (χ1) is 10.3. The van der Waals surface area contributed by atoms with Gasteiger partial charge >= 0.3 is 0 Å². The van der Waals surface area contributed by atoms with Gasteiger partial charge in [-0.2, -0.15) is 0 Å². The smallest absolute Gasteiger partial charge is 0.139 e. The molecule has 2 aromatic rings. The molecule has 0 aromatic heterocycles. The van der Waals surface area contributed by atoms with E-state index >= 15 is 0 Å². The number of anilines is 1. The Labute approximate surface area is 136 Å². The summed E-state index contributed by atoms with van der Waals surface area (Å²) in [6.45, 7) is 11.1. The summed E-state index contributed by atoms with van der Waals surface area (Å²) in [5.41, 5.74) is 16.9. The zero-order chi connectivity index (χ0) is 16.4. The Morgan fingerprint density at radius 1 is 1.09 bits per heavy atom. The number of benzene rings is 2. The number of nitrogen functional groups attached to an aromatic ring is 1. The molecule has 2 heteroatoms.